The number of hydrogen-bond donors (Lipinski definition) is 0. The van der Waals surface area contributed by atoms with Crippen molar-refractivity contribution in [3.63, 3.8) is 0 Å². The third kappa shape index (κ3) is 6.77. The highest BCUT2D eigenvalue weighted by Gasteiger charge is 2.27. The topological polar surface area (TPSA) is 136 Å². The lowest BCUT2D eigenvalue weighted by atomic mass is 10.2. The summed E-state index contributed by atoms with van der Waals surface area (Å²) in [6.45, 7) is 0.799. The summed E-state index contributed by atoms with van der Waals surface area (Å²) in [6, 6.07) is 13.7. The molecule has 0 aliphatic heterocycles. The number of sulfone groups is 1. The molecule has 1 amide bonds. The molecule has 0 bridgehead atoms. The molecule has 4 rings (SSSR count). The zero-order valence-electron chi connectivity index (χ0n) is 22.1. The van der Waals surface area contributed by atoms with Gasteiger partial charge in [0.25, 0.3) is 5.91 Å². The molecule has 0 radical (unpaired) electrons. The van der Waals surface area contributed by atoms with Crippen molar-refractivity contribution >= 4 is 52.5 Å². The van der Waals surface area contributed by atoms with Gasteiger partial charge in [0, 0.05) is 39.1 Å². The lowest BCUT2D eigenvalue weighted by molar-refractivity contribution is 0.0983. The van der Waals surface area contributed by atoms with Crippen molar-refractivity contribution in [3.05, 3.63) is 72.2 Å². The average Bonchev–Trinajstić information content (AvgIpc) is 3.60. The Morgan fingerprint density at radius 2 is 1.60 bits per heavy atom. The summed E-state index contributed by atoms with van der Waals surface area (Å²) in [5.41, 5.74) is 0.778. The van der Waals surface area contributed by atoms with E-state index in [1.54, 1.807) is 18.2 Å². The molecule has 40 heavy (non-hydrogen) atoms. The van der Waals surface area contributed by atoms with E-state index >= 15 is 0 Å². The minimum Gasteiger partial charge on any atom is -0.467 e. The van der Waals surface area contributed by atoms with Crippen LogP contribution in [-0.2, 0) is 35.9 Å². The highest BCUT2D eigenvalue weighted by Crippen LogP contribution is 2.32. The van der Waals surface area contributed by atoms with Crippen LogP contribution in [0.15, 0.2) is 75.1 Å². The number of methoxy groups -OCH3 is 2. The van der Waals surface area contributed by atoms with E-state index < -0.39 is 25.8 Å². The lowest BCUT2D eigenvalue weighted by Gasteiger charge is -2.22. The van der Waals surface area contributed by atoms with E-state index in [0.717, 1.165) is 6.26 Å². The molecule has 0 N–H and O–H groups in total. The van der Waals surface area contributed by atoms with Crippen molar-refractivity contribution in [2.24, 2.45) is 0 Å². The van der Waals surface area contributed by atoms with Crippen molar-refractivity contribution in [2.75, 3.05) is 51.7 Å². The third-order valence-corrected chi connectivity index (χ3v) is 10.0. The summed E-state index contributed by atoms with van der Waals surface area (Å²) in [5, 5.41) is 0.337. The van der Waals surface area contributed by atoms with Crippen molar-refractivity contribution in [2.45, 2.75) is 16.3 Å². The number of carbonyl (C=O) groups excluding carboxylic acids is 1. The van der Waals surface area contributed by atoms with E-state index in [-0.39, 0.29) is 48.2 Å². The molecule has 11 nitrogen and oxygen atoms in total. The number of rotatable bonds is 13. The first-order chi connectivity index (χ1) is 19.0. The smallest absolute Gasteiger partial charge is 0.260 e. The van der Waals surface area contributed by atoms with Crippen LogP contribution < -0.4 is 4.90 Å². The van der Waals surface area contributed by atoms with Gasteiger partial charge in [-0.2, -0.15) is 4.31 Å². The Morgan fingerprint density at radius 1 is 0.950 bits per heavy atom. The summed E-state index contributed by atoms with van der Waals surface area (Å²) in [6.07, 6.45) is 2.62. The van der Waals surface area contributed by atoms with Gasteiger partial charge in [0.2, 0.25) is 10.0 Å². The fourth-order valence-electron chi connectivity index (χ4n) is 3.84. The van der Waals surface area contributed by atoms with E-state index in [0.29, 0.717) is 21.1 Å². The molecule has 0 unspecified atom stereocenters. The Labute approximate surface area is 236 Å². The quantitative estimate of drug-likeness (QED) is 0.224. The van der Waals surface area contributed by atoms with Crippen LogP contribution in [0.4, 0.5) is 5.13 Å². The van der Waals surface area contributed by atoms with Crippen molar-refractivity contribution in [1.29, 1.82) is 0 Å². The standard InChI is InChI=1S/C26H29N3O8S3/c1-35-15-12-28(13-16-36-2)40(33,34)21-8-6-19(7-9-21)25(30)29(18-20-5-4-14-37-20)26-27-23-11-10-22(39(3,31)32)17-24(23)38-26/h4-11,14,17H,12-13,15-16,18H2,1-3H3. The van der Waals surface area contributed by atoms with Gasteiger partial charge >= 0.3 is 0 Å². The molecule has 2 heterocycles. The Bertz CT molecular complexity index is 1660. The van der Waals surface area contributed by atoms with Crippen LogP contribution in [0.3, 0.4) is 0 Å². The van der Waals surface area contributed by atoms with Gasteiger partial charge < -0.3 is 13.9 Å². The molecule has 0 saturated carbocycles. The molecule has 4 aromatic rings. The van der Waals surface area contributed by atoms with Crippen LogP contribution in [0.5, 0.6) is 0 Å². The van der Waals surface area contributed by atoms with E-state index in [1.165, 1.54) is 77.4 Å². The SMILES string of the molecule is COCCN(CCOC)S(=O)(=O)c1ccc(C(=O)N(Cc2ccco2)c2nc3ccc(S(C)(=O)=O)cc3s2)cc1. The predicted molar refractivity (Wildman–Crippen MR) is 151 cm³/mol. The number of amides is 1. The normalized spacial score (nSPS) is 12.3. The molecule has 0 saturated heterocycles. The van der Waals surface area contributed by atoms with Gasteiger partial charge in [-0.05, 0) is 54.6 Å². The number of furan rings is 1. The number of nitrogens with zero attached hydrogens (tertiary/aromatic N) is 3. The number of sulfonamides is 1. The highest BCUT2D eigenvalue weighted by atomic mass is 32.2. The number of ether oxygens (including phenoxy) is 2. The van der Waals surface area contributed by atoms with E-state index in [4.69, 9.17) is 13.9 Å². The fraction of sp³-hybridized carbons (Fsp3) is 0.308. The van der Waals surface area contributed by atoms with Gasteiger partial charge in [0.1, 0.15) is 5.76 Å². The molecule has 0 aliphatic rings. The number of thiazole rings is 1. The molecule has 14 heteroatoms. The van der Waals surface area contributed by atoms with Crippen LogP contribution >= 0.6 is 11.3 Å². The Hall–Kier alpha value is -3.14. The van der Waals surface area contributed by atoms with Gasteiger partial charge in [-0.25, -0.2) is 21.8 Å². The molecule has 0 atom stereocenters. The molecule has 0 aliphatic carbocycles. The minimum absolute atomic E-state index is 0.0298. The van der Waals surface area contributed by atoms with Gasteiger partial charge in [-0.3, -0.25) is 9.69 Å². The van der Waals surface area contributed by atoms with Crippen molar-refractivity contribution in [1.82, 2.24) is 9.29 Å². The summed E-state index contributed by atoms with van der Waals surface area (Å²) in [5.74, 6) is 0.0777. The molecule has 0 spiro atoms. The molecule has 214 valence electrons. The third-order valence-electron chi connectivity index (χ3n) is 5.98. The maximum absolute atomic E-state index is 13.7. The van der Waals surface area contributed by atoms with Crippen molar-refractivity contribution < 1.29 is 35.5 Å². The zero-order valence-corrected chi connectivity index (χ0v) is 24.6. The lowest BCUT2D eigenvalue weighted by Crippen LogP contribution is -2.36. The Kier molecular flexibility index (Phi) is 9.38. The molecule has 2 aromatic carbocycles. The number of benzene rings is 2. The van der Waals surface area contributed by atoms with Crippen LogP contribution in [0.1, 0.15) is 16.1 Å². The minimum atomic E-state index is -3.86. The molecular formula is C26H29N3O8S3. The van der Waals surface area contributed by atoms with E-state index in [1.807, 2.05) is 0 Å². The van der Waals surface area contributed by atoms with E-state index in [9.17, 15) is 21.6 Å². The molecule has 0 fully saturated rings. The summed E-state index contributed by atoms with van der Waals surface area (Å²) in [7, 11) is -4.30. The van der Waals surface area contributed by atoms with Crippen molar-refractivity contribution in [3.8, 4) is 0 Å². The van der Waals surface area contributed by atoms with Gasteiger partial charge in [-0.15, -0.1) is 0 Å². The fourth-order valence-corrected chi connectivity index (χ4v) is 6.97. The second-order valence-corrected chi connectivity index (χ2v) is 13.7. The summed E-state index contributed by atoms with van der Waals surface area (Å²) < 4.78 is 68.0. The Morgan fingerprint density at radius 3 is 2.17 bits per heavy atom. The first-order valence-corrected chi connectivity index (χ1v) is 16.2. The maximum atomic E-state index is 13.7. The predicted octanol–water partition coefficient (Wildman–Crippen LogP) is 3.42. The molecule has 2 aromatic heterocycles. The first kappa shape index (κ1) is 29.8. The number of anilines is 1. The Balaban J connectivity index is 1.66. The number of carbonyl (C=O) groups is 1. The van der Waals surface area contributed by atoms with Gasteiger partial charge in [0.05, 0.1) is 46.0 Å². The summed E-state index contributed by atoms with van der Waals surface area (Å²) >= 11 is 1.17. The maximum Gasteiger partial charge on any atom is 0.260 e. The number of aromatic nitrogens is 1. The average molecular weight is 608 g/mol. The first-order valence-electron chi connectivity index (χ1n) is 12.1. The summed E-state index contributed by atoms with van der Waals surface area (Å²) in [4.78, 5) is 19.9. The zero-order chi connectivity index (χ0) is 28.9. The van der Waals surface area contributed by atoms with Gasteiger partial charge in [0.15, 0.2) is 15.0 Å². The van der Waals surface area contributed by atoms with Crippen LogP contribution in [0.25, 0.3) is 10.2 Å². The van der Waals surface area contributed by atoms with Gasteiger partial charge in [-0.1, -0.05) is 11.3 Å². The largest absolute Gasteiger partial charge is 0.467 e. The second-order valence-electron chi connectivity index (χ2n) is 8.78. The second kappa shape index (κ2) is 12.6. The van der Waals surface area contributed by atoms with Crippen LogP contribution in [0, 0.1) is 0 Å². The molecular weight excluding hydrogens is 579 g/mol. The van der Waals surface area contributed by atoms with Crippen LogP contribution in [0.2, 0.25) is 0 Å². The van der Waals surface area contributed by atoms with Crippen LogP contribution in [-0.4, -0.2) is 78.8 Å². The number of fused-ring (bicyclic) bond motifs is 1. The monoisotopic (exact) mass is 607 g/mol. The number of hydrogen-bond acceptors (Lipinski definition) is 10. The van der Waals surface area contributed by atoms with E-state index in [2.05, 4.69) is 4.98 Å². The highest BCUT2D eigenvalue weighted by molar-refractivity contribution is 7.90.